The van der Waals surface area contributed by atoms with Crippen molar-refractivity contribution < 1.29 is 13.2 Å². The van der Waals surface area contributed by atoms with Gasteiger partial charge in [-0.25, -0.2) is 8.42 Å². The molecule has 0 aromatic heterocycles. The first-order valence-electron chi connectivity index (χ1n) is 5.02. The normalized spacial score (nSPS) is 12.3. The highest BCUT2D eigenvalue weighted by atomic mass is 79.9. The van der Waals surface area contributed by atoms with Crippen molar-refractivity contribution in [2.24, 2.45) is 0 Å². The van der Waals surface area contributed by atoms with Gasteiger partial charge in [0.2, 0.25) is 5.91 Å². The largest absolute Gasteiger partial charge is 0.324 e. The predicted octanol–water partition coefficient (Wildman–Crippen LogP) is 2.86. The lowest BCUT2D eigenvalue weighted by Crippen LogP contribution is -2.43. The van der Waals surface area contributed by atoms with Gasteiger partial charge in [-0.15, -0.1) is 0 Å². The summed E-state index contributed by atoms with van der Waals surface area (Å²) in [5, 5.41) is 3.00. The summed E-state index contributed by atoms with van der Waals surface area (Å²) in [5.41, 5.74) is 0.434. The van der Waals surface area contributed by atoms with Gasteiger partial charge in [0.05, 0.1) is 5.69 Å². The maximum Gasteiger partial charge on any atom is 0.245 e. The van der Waals surface area contributed by atoms with E-state index in [9.17, 15) is 13.2 Å². The van der Waals surface area contributed by atoms with Crippen LogP contribution in [0.4, 0.5) is 5.69 Å². The van der Waals surface area contributed by atoms with E-state index in [1.165, 1.54) is 13.8 Å². The minimum Gasteiger partial charge on any atom is -0.324 e. The standard InChI is InChI=1S/C11H13BrClNO3S/c1-11(2,18(3,16)17)10(15)14-9-6-7(13)4-5-8(9)12/h4-6H,1-3H3,(H,14,15). The third kappa shape index (κ3) is 3.24. The first-order chi connectivity index (χ1) is 8.05. The number of halogens is 2. The van der Waals surface area contributed by atoms with Gasteiger partial charge in [-0.05, 0) is 48.0 Å². The molecule has 0 aliphatic rings. The van der Waals surface area contributed by atoms with E-state index >= 15 is 0 Å². The van der Waals surface area contributed by atoms with E-state index in [4.69, 9.17) is 11.6 Å². The van der Waals surface area contributed by atoms with Gasteiger partial charge in [0.1, 0.15) is 4.75 Å². The van der Waals surface area contributed by atoms with Crippen molar-refractivity contribution in [3.8, 4) is 0 Å². The molecule has 0 aliphatic carbocycles. The molecule has 0 radical (unpaired) electrons. The number of sulfone groups is 1. The fourth-order valence-electron chi connectivity index (χ4n) is 1.03. The zero-order valence-electron chi connectivity index (χ0n) is 10.1. The molecular weight excluding hydrogens is 342 g/mol. The molecule has 4 nitrogen and oxygen atoms in total. The molecule has 0 aliphatic heterocycles. The third-order valence-electron chi connectivity index (χ3n) is 2.65. The van der Waals surface area contributed by atoms with Crippen molar-refractivity contribution in [3.63, 3.8) is 0 Å². The molecule has 18 heavy (non-hydrogen) atoms. The summed E-state index contributed by atoms with van der Waals surface area (Å²) in [5.74, 6) is -0.604. The molecule has 0 atom stereocenters. The minimum absolute atomic E-state index is 0.434. The molecule has 1 aromatic rings. The summed E-state index contributed by atoms with van der Waals surface area (Å²) in [6.45, 7) is 2.71. The Kier molecular flexibility index (Phi) is 4.46. The van der Waals surface area contributed by atoms with Crippen LogP contribution in [0.1, 0.15) is 13.8 Å². The summed E-state index contributed by atoms with van der Waals surface area (Å²) in [6.07, 6.45) is 1.03. The minimum atomic E-state index is -3.51. The quantitative estimate of drug-likeness (QED) is 0.908. The Bertz CT molecular complexity index is 584. The highest BCUT2D eigenvalue weighted by molar-refractivity contribution is 9.10. The lowest BCUT2D eigenvalue weighted by Gasteiger charge is -2.21. The van der Waals surface area contributed by atoms with Crippen LogP contribution in [-0.4, -0.2) is 25.3 Å². The third-order valence-corrected chi connectivity index (χ3v) is 5.62. The van der Waals surface area contributed by atoms with Gasteiger partial charge >= 0.3 is 0 Å². The summed E-state index contributed by atoms with van der Waals surface area (Å²) in [4.78, 5) is 12.0. The van der Waals surface area contributed by atoms with E-state index in [1.807, 2.05) is 0 Å². The SMILES string of the molecule is CC(C)(C(=O)Nc1cc(Cl)ccc1Br)S(C)(=O)=O. The van der Waals surface area contributed by atoms with Crippen LogP contribution in [0.5, 0.6) is 0 Å². The Morgan fingerprint density at radius 2 is 1.94 bits per heavy atom. The van der Waals surface area contributed by atoms with Crippen LogP contribution in [0.2, 0.25) is 5.02 Å². The van der Waals surface area contributed by atoms with Crippen molar-refractivity contribution in [2.75, 3.05) is 11.6 Å². The number of nitrogens with one attached hydrogen (secondary N) is 1. The highest BCUT2D eigenvalue weighted by Crippen LogP contribution is 2.27. The molecule has 0 bridgehead atoms. The Morgan fingerprint density at radius 3 is 2.44 bits per heavy atom. The number of rotatable bonds is 3. The van der Waals surface area contributed by atoms with Crippen LogP contribution in [0, 0.1) is 0 Å². The summed E-state index contributed by atoms with van der Waals surface area (Å²) in [7, 11) is -3.51. The number of anilines is 1. The van der Waals surface area contributed by atoms with Crippen LogP contribution in [0.3, 0.4) is 0 Å². The van der Waals surface area contributed by atoms with Crippen molar-refractivity contribution in [3.05, 3.63) is 27.7 Å². The number of hydrogen-bond donors (Lipinski definition) is 1. The van der Waals surface area contributed by atoms with E-state index in [0.29, 0.717) is 15.2 Å². The van der Waals surface area contributed by atoms with Crippen LogP contribution in [0.15, 0.2) is 22.7 Å². The monoisotopic (exact) mass is 353 g/mol. The molecule has 0 fully saturated rings. The Balaban J connectivity index is 3.06. The smallest absolute Gasteiger partial charge is 0.245 e. The lowest BCUT2D eigenvalue weighted by atomic mass is 10.2. The molecule has 1 aromatic carbocycles. The van der Waals surface area contributed by atoms with Gasteiger partial charge in [-0.1, -0.05) is 11.6 Å². The topological polar surface area (TPSA) is 63.2 Å². The number of carbonyl (C=O) groups excluding carboxylic acids is 1. The molecular formula is C11H13BrClNO3S. The fourth-order valence-corrected chi connectivity index (χ4v) is 1.94. The molecule has 0 saturated heterocycles. The second-order valence-corrected chi connectivity index (χ2v) is 8.22. The summed E-state index contributed by atoms with van der Waals surface area (Å²) < 4.78 is 22.2. The fraction of sp³-hybridized carbons (Fsp3) is 0.364. The van der Waals surface area contributed by atoms with Crippen molar-refractivity contribution in [1.29, 1.82) is 0 Å². The van der Waals surface area contributed by atoms with E-state index < -0.39 is 20.5 Å². The number of carbonyl (C=O) groups is 1. The average molecular weight is 355 g/mol. The van der Waals surface area contributed by atoms with Gasteiger partial charge < -0.3 is 5.32 Å². The summed E-state index contributed by atoms with van der Waals surface area (Å²) >= 11 is 9.07. The van der Waals surface area contributed by atoms with E-state index in [2.05, 4.69) is 21.2 Å². The van der Waals surface area contributed by atoms with E-state index in [0.717, 1.165) is 6.26 Å². The molecule has 0 unspecified atom stereocenters. The Hall–Kier alpha value is -0.590. The second kappa shape index (κ2) is 5.19. The van der Waals surface area contributed by atoms with Crippen molar-refractivity contribution in [2.45, 2.75) is 18.6 Å². The molecule has 0 spiro atoms. The van der Waals surface area contributed by atoms with Gasteiger partial charge in [0.15, 0.2) is 9.84 Å². The molecule has 7 heteroatoms. The first-order valence-corrected chi connectivity index (χ1v) is 8.08. The predicted molar refractivity (Wildman–Crippen MR) is 76.7 cm³/mol. The molecule has 0 saturated carbocycles. The van der Waals surface area contributed by atoms with Gasteiger partial charge in [0, 0.05) is 15.8 Å². The van der Waals surface area contributed by atoms with Gasteiger partial charge in [-0.2, -0.15) is 0 Å². The number of hydrogen-bond acceptors (Lipinski definition) is 3. The summed E-state index contributed by atoms with van der Waals surface area (Å²) in [6, 6.07) is 4.87. The Morgan fingerprint density at radius 1 is 1.39 bits per heavy atom. The van der Waals surface area contributed by atoms with Crippen LogP contribution in [0.25, 0.3) is 0 Å². The number of benzene rings is 1. The molecule has 0 heterocycles. The Labute approximate surface area is 120 Å². The van der Waals surface area contributed by atoms with Gasteiger partial charge in [0.25, 0.3) is 0 Å². The maximum atomic E-state index is 12.0. The molecule has 100 valence electrons. The zero-order valence-corrected chi connectivity index (χ0v) is 13.3. The molecule has 1 N–H and O–H groups in total. The van der Waals surface area contributed by atoms with Gasteiger partial charge in [-0.3, -0.25) is 4.79 Å². The highest BCUT2D eigenvalue weighted by Gasteiger charge is 2.38. The maximum absolute atomic E-state index is 12.0. The first kappa shape index (κ1) is 15.5. The average Bonchev–Trinajstić information content (AvgIpc) is 2.21. The lowest BCUT2D eigenvalue weighted by molar-refractivity contribution is -0.117. The van der Waals surface area contributed by atoms with Crippen LogP contribution in [-0.2, 0) is 14.6 Å². The zero-order chi connectivity index (χ0) is 14.1. The van der Waals surface area contributed by atoms with Crippen molar-refractivity contribution >= 4 is 49.0 Å². The molecule has 1 amide bonds. The van der Waals surface area contributed by atoms with Crippen molar-refractivity contribution in [1.82, 2.24) is 0 Å². The second-order valence-electron chi connectivity index (χ2n) is 4.36. The van der Waals surface area contributed by atoms with E-state index in [-0.39, 0.29) is 0 Å². The molecule has 1 rings (SSSR count). The van der Waals surface area contributed by atoms with E-state index in [1.54, 1.807) is 18.2 Å². The number of amides is 1. The van der Waals surface area contributed by atoms with Crippen LogP contribution < -0.4 is 5.32 Å². The van der Waals surface area contributed by atoms with Crippen LogP contribution >= 0.6 is 27.5 Å².